The highest BCUT2D eigenvalue weighted by Gasteiger charge is 2.20. The van der Waals surface area contributed by atoms with Gasteiger partial charge in [-0.05, 0) is 93.8 Å². The average molecular weight is 1010 g/mol. The van der Waals surface area contributed by atoms with Crippen LogP contribution in [0.4, 0.5) is 17.8 Å². The molecule has 1 aliphatic heterocycles. The number of amides is 3. The third kappa shape index (κ3) is 13.1. The molecule has 1 saturated heterocycles. The van der Waals surface area contributed by atoms with E-state index in [1.54, 1.807) is 42.8 Å². The van der Waals surface area contributed by atoms with Crippen LogP contribution < -0.4 is 36.6 Å². The van der Waals surface area contributed by atoms with Crippen LogP contribution in [0.25, 0.3) is 43.9 Å². The van der Waals surface area contributed by atoms with Gasteiger partial charge in [-0.1, -0.05) is 78.9 Å². The monoisotopic (exact) mass is 1010 g/mol. The first-order valence-electron chi connectivity index (χ1n) is 24.2. The molecule has 376 valence electrons. The lowest BCUT2D eigenvalue weighted by Crippen LogP contribution is -2.31. The topological polar surface area (TPSA) is 234 Å². The fourth-order valence-corrected chi connectivity index (χ4v) is 8.90. The second-order valence-electron chi connectivity index (χ2n) is 16.7. The molecule has 1 aliphatic rings. The van der Waals surface area contributed by atoms with Gasteiger partial charge in [-0.15, -0.1) is 11.3 Å². The number of fused-ring (bicyclic) bond motifs is 1. The summed E-state index contributed by atoms with van der Waals surface area (Å²) in [6, 6.07) is 43.6. The minimum Gasteiger partial charge on any atom is -0.467 e. The molecule has 10 rings (SSSR count). The Kier molecular flexibility index (Phi) is 17.3. The zero-order chi connectivity index (χ0) is 51.8. The standard InChI is InChI=1S/C21H22N4O2.C18H18N4OS.C17H16N4O2/c1-3-25(4-2)21-23-17(14-18(24-21)20(22)26)16-12-8-9-13-19(16)27-15-10-6-5-7-11-15;19-17(23)15-10-14(13-11-24-16-7-3-2-6-12(13)16)20-18(21-15)22-8-4-1-5-9-22;1-18-16(22)15-10-14(12-6-3-2-4-7-12)20-17(21-15)19-11-13-8-5-9-23-13/h5-14H,3-4H2,1-2H3,(H2,22,26);2-3,6-7,10-11H,1,4-5,8-9H2,(H2,19,23);2-10H,11H2,1H3,(H,18,22)(H,19,20,21). The van der Waals surface area contributed by atoms with E-state index >= 15 is 0 Å². The molecule has 18 heteroatoms. The second-order valence-corrected chi connectivity index (χ2v) is 17.6. The van der Waals surface area contributed by atoms with Gasteiger partial charge in [-0.2, -0.15) is 0 Å². The van der Waals surface area contributed by atoms with E-state index in [-0.39, 0.29) is 17.3 Å². The highest BCUT2D eigenvalue weighted by atomic mass is 32.1. The van der Waals surface area contributed by atoms with Gasteiger partial charge < -0.3 is 41.1 Å². The lowest BCUT2D eigenvalue weighted by atomic mass is 10.1. The van der Waals surface area contributed by atoms with Crippen molar-refractivity contribution in [3.8, 4) is 45.3 Å². The molecule has 0 unspecified atom stereocenters. The van der Waals surface area contributed by atoms with Crippen LogP contribution >= 0.6 is 11.3 Å². The maximum atomic E-state index is 11.9. The number of carbonyl (C=O) groups excluding carboxylic acids is 3. The minimum absolute atomic E-state index is 0.177. The van der Waals surface area contributed by atoms with E-state index in [0.29, 0.717) is 47.2 Å². The number of piperidine rings is 1. The van der Waals surface area contributed by atoms with Gasteiger partial charge in [0, 0.05) is 65.4 Å². The van der Waals surface area contributed by atoms with Crippen LogP contribution in [-0.4, -0.2) is 80.9 Å². The number of primary amides is 2. The number of para-hydroxylation sites is 2. The van der Waals surface area contributed by atoms with Crippen molar-refractivity contribution >= 4 is 57.0 Å². The third-order valence-corrected chi connectivity index (χ3v) is 12.7. The molecule has 0 saturated carbocycles. The Morgan fingerprint density at radius 2 is 1.32 bits per heavy atom. The Labute approximate surface area is 432 Å². The molecule has 1 fully saturated rings. The van der Waals surface area contributed by atoms with Gasteiger partial charge in [0.15, 0.2) is 0 Å². The molecule has 9 aromatic rings. The van der Waals surface area contributed by atoms with E-state index in [1.165, 1.54) is 11.1 Å². The first-order chi connectivity index (χ1) is 36.1. The lowest BCUT2D eigenvalue weighted by molar-refractivity contribution is 0.0955. The molecule has 74 heavy (non-hydrogen) atoms. The van der Waals surface area contributed by atoms with Gasteiger partial charge >= 0.3 is 0 Å². The van der Waals surface area contributed by atoms with Gasteiger partial charge in [0.2, 0.25) is 17.8 Å². The normalized spacial score (nSPS) is 11.9. The van der Waals surface area contributed by atoms with Crippen molar-refractivity contribution in [2.24, 2.45) is 11.5 Å². The zero-order valence-corrected chi connectivity index (χ0v) is 42.1. The van der Waals surface area contributed by atoms with E-state index < -0.39 is 11.8 Å². The SMILES string of the molecule is CCN(CC)c1nc(C(N)=O)cc(-c2ccccc2Oc2ccccc2)n1.CNC(=O)c1cc(-c2ccccc2)nc(NCc2ccco2)n1.NC(=O)c1cc(-c2csc3ccccc23)nc(N2CCCCC2)n1. The van der Waals surface area contributed by atoms with Gasteiger partial charge in [0.25, 0.3) is 17.7 Å². The fraction of sp³-hybridized carbons (Fsp3) is 0.196. The van der Waals surface area contributed by atoms with Crippen LogP contribution in [0.1, 0.15) is 70.3 Å². The van der Waals surface area contributed by atoms with E-state index in [1.807, 2.05) is 128 Å². The highest BCUT2D eigenvalue weighted by molar-refractivity contribution is 7.17. The molecule has 0 atom stereocenters. The van der Waals surface area contributed by atoms with Crippen molar-refractivity contribution in [3.63, 3.8) is 0 Å². The van der Waals surface area contributed by atoms with Crippen LogP contribution in [0.15, 0.2) is 156 Å². The first-order valence-corrected chi connectivity index (χ1v) is 25.1. The Balaban J connectivity index is 0.000000148. The van der Waals surface area contributed by atoms with Gasteiger partial charge in [0.05, 0.1) is 29.9 Å². The number of benzene rings is 4. The maximum Gasteiger partial charge on any atom is 0.269 e. The smallest absolute Gasteiger partial charge is 0.269 e. The van der Waals surface area contributed by atoms with Gasteiger partial charge in [-0.25, -0.2) is 29.9 Å². The van der Waals surface area contributed by atoms with Gasteiger partial charge in [0.1, 0.15) is 34.3 Å². The molecule has 0 radical (unpaired) electrons. The molecule has 4 aromatic carbocycles. The summed E-state index contributed by atoms with van der Waals surface area (Å²) in [4.78, 5) is 66.4. The summed E-state index contributed by atoms with van der Waals surface area (Å²) >= 11 is 1.67. The van der Waals surface area contributed by atoms with E-state index in [9.17, 15) is 14.4 Å². The second kappa shape index (κ2) is 24.9. The van der Waals surface area contributed by atoms with Crippen LogP contribution in [0.2, 0.25) is 0 Å². The van der Waals surface area contributed by atoms with Crippen molar-refractivity contribution in [2.45, 2.75) is 39.7 Å². The van der Waals surface area contributed by atoms with Crippen LogP contribution in [0.3, 0.4) is 0 Å². The van der Waals surface area contributed by atoms with E-state index in [0.717, 1.165) is 78.3 Å². The van der Waals surface area contributed by atoms with Crippen molar-refractivity contribution < 1.29 is 23.5 Å². The molecule has 6 N–H and O–H groups in total. The largest absolute Gasteiger partial charge is 0.467 e. The summed E-state index contributed by atoms with van der Waals surface area (Å²) in [5.74, 6) is 2.22. The van der Waals surface area contributed by atoms with Crippen LogP contribution in [-0.2, 0) is 6.54 Å². The number of thiophene rings is 1. The Morgan fingerprint density at radius 1 is 0.676 bits per heavy atom. The first kappa shape index (κ1) is 51.3. The number of ether oxygens (including phenoxy) is 1. The highest BCUT2D eigenvalue weighted by Crippen LogP contribution is 2.35. The third-order valence-electron chi connectivity index (χ3n) is 11.8. The number of nitrogens with two attached hydrogens (primary N) is 2. The summed E-state index contributed by atoms with van der Waals surface area (Å²) in [6.45, 7) is 7.75. The number of furan rings is 1. The number of nitrogens with zero attached hydrogens (tertiary/aromatic N) is 8. The van der Waals surface area contributed by atoms with E-state index in [4.69, 9.17) is 25.6 Å². The molecule has 6 heterocycles. The summed E-state index contributed by atoms with van der Waals surface area (Å²) < 4.78 is 12.5. The Morgan fingerprint density at radius 3 is 2.01 bits per heavy atom. The average Bonchev–Trinajstić information content (AvgIpc) is 4.15. The maximum absolute atomic E-state index is 11.9. The molecular weight excluding hydrogens is 953 g/mol. The van der Waals surface area contributed by atoms with Crippen molar-refractivity contribution in [3.05, 3.63) is 174 Å². The predicted octanol–water partition coefficient (Wildman–Crippen LogP) is 10.0. The summed E-state index contributed by atoms with van der Waals surface area (Å²) in [7, 11) is 1.57. The number of aromatic nitrogens is 6. The zero-order valence-electron chi connectivity index (χ0n) is 41.3. The molecule has 0 aliphatic carbocycles. The summed E-state index contributed by atoms with van der Waals surface area (Å²) in [6.07, 6.45) is 5.09. The van der Waals surface area contributed by atoms with Crippen molar-refractivity contribution in [1.29, 1.82) is 0 Å². The molecule has 0 bridgehead atoms. The number of nitrogens with one attached hydrogen (secondary N) is 2. The molecular formula is C56H56N12O5S. The van der Waals surface area contributed by atoms with Crippen molar-refractivity contribution in [1.82, 2.24) is 35.2 Å². The summed E-state index contributed by atoms with van der Waals surface area (Å²) in [5.41, 5.74) is 16.5. The number of hydrogen-bond acceptors (Lipinski definition) is 15. The lowest BCUT2D eigenvalue weighted by Gasteiger charge is -2.27. The fourth-order valence-electron chi connectivity index (χ4n) is 7.95. The number of anilines is 3. The number of carbonyl (C=O) groups is 3. The number of rotatable bonds is 15. The summed E-state index contributed by atoms with van der Waals surface area (Å²) in [5, 5.41) is 8.88. The quantitative estimate of drug-likeness (QED) is 0.0748. The minimum atomic E-state index is -0.589. The van der Waals surface area contributed by atoms with Crippen LogP contribution in [0.5, 0.6) is 11.5 Å². The molecule has 17 nitrogen and oxygen atoms in total. The number of hydrogen-bond donors (Lipinski definition) is 4. The van der Waals surface area contributed by atoms with Crippen molar-refractivity contribution in [2.75, 3.05) is 48.3 Å². The Bertz CT molecular complexity index is 3310. The van der Waals surface area contributed by atoms with Crippen LogP contribution in [0, 0.1) is 0 Å². The molecule has 0 spiro atoms. The molecule has 5 aromatic heterocycles. The predicted molar refractivity (Wildman–Crippen MR) is 290 cm³/mol. The van der Waals surface area contributed by atoms with E-state index in [2.05, 4.69) is 58.0 Å². The Hall–Kier alpha value is -9.03. The van der Waals surface area contributed by atoms with Gasteiger partial charge in [-0.3, -0.25) is 14.4 Å². The molecule has 3 amide bonds.